The molecule has 0 aromatic heterocycles. The zero-order valence-electron chi connectivity index (χ0n) is 12.6. The molecule has 0 aliphatic carbocycles. The first-order chi connectivity index (χ1) is 10.1. The van der Waals surface area contributed by atoms with Gasteiger partial charge < -0.3 is 15.5 Å². The summed E-state index contributed by atoms with van der Waals surface area (Å²) in [7, 11) is 0. The smallest absolute Gasteiger partial charge is 0.319 e. The molecule has 2 rings (SSSR count). The van der Waals surface area contributed by atoms with Crippen molar-refractivity contribution in [1.82, 2.24) is 5.32 Å². The summed E-state index contributed by atoms with van der Waals surface area (Å²) >= 11 is 5.81. The highest BCUT2D eigenvalue weighted by Gasteiger charge is 2.20. The van der Waals surface area contributed by atoms with Crippen LogP contribution in [0.1, 0.15) is 32.6 Å². The van der Waals surface area contributed by atoms with E-state index < -0.39 is 0 Å². The summed E-state index contributed by atoms with van der Waals surface area (Å²) in [5.74, 6) is 0. The number of halogens is 1. The molecule has 2 amide bonds. The maximum Gasteiger partial charge on any atom is 0.319 e. The first-order valence-electron chi connectivity index (χ1n) is 7.80. The second-order valence-electron chi connectivity index (χ2n) is 5.80. The number of hydrogen-bond donors (Lipinski definition) is 3. The molecular weight excluding hydrogens is 286 g/mol. The molecule has 0 saturated carbocycles. The number of hydrogen-bond acceptors (Lipinski definition) is 1. The van der Waals surface area contributed by atoms with Crippen molar-refractivity contribution >= 4 is 23.3 Å². The van der Waals surface area contributed by atoms with Crippen LogP contribution in [-0.4, -0.2) is 31.7 Å². The van der Waals surface area contributed by atoms with E-state index in [0.717, 1.165) is 31.2 Å². The van der Waals surface area contributed by atoms with Gasteiger partial charge in [0.15, 0.2) is 0 Å². The van der Waals surface area contributed by atoms with Gasteiger partial charge in [-0.15, -0.1) is 0 Å². The molecule has 0 radical (unpaired) electrons. The summed E-state index contributed by atoms with van der Waals surface area (Å²) in [5, 5.41) is 6.37. The molecule has 4 nitrogen and oxygen atoms in total. The normalized spacial score (nSPS) is 21.8. The summed E-state index contributed by atoms with van der Waals surface area (Å²) < 4.78 is 0. The average Bonchev–Trinajstić information content (AvgIpc) is 2.48. The zero-order valence-corrected chi connectivity index (χ0v) is 13.4. The Kier molecular flexibility index (Phi) is 6.33. The van der Waals surface area contributed by atoms with Crippen LogP contribution < -0.4 is 15.5 Å². The van der Waals surface area contributed by atoms with Crippen molar-refractivity contribution in [2.75, 3.05) is 25.0 Å². The van der Waals surface area contributed by atoms with Gasteiger partial charge in [-0.05, 0) is 50.5 Å². The predicted octanol–water partition coefficient (Wildman–Crippen LogP) is 2.31. The Morgan fingerprint density at radius 3 is 2.81 bits per heavy atom. The third kappa shape index (κ3) is 5.56. The minimum atomic E-state index is -0.154. The highest BCUT2D eigenvalue weighted by molar-refractivity contribution is 6.30. The number of carbonyl (C=O) groups excluding carboxylic acids is 1. The van der Waals surface area contributed by atoms with Crippen LogP contribution in [0.15, 0.2) is 24.3 Å². The maximum absolute atomic E-state index is 11.8. The van der Waals surface area contributed by atoms with E-state index in [1.807, 2.05) is 0 Å². The summed E-state index contributed by atoms with van der Waals surface area (Å²) in [4.78, 5) is 13.4. The number of urea groups is 1. The number of benzene rings is 1. The molecule has 0 bridgehead atoms. The molecule has 1 aromatic rings. The molecule has 116 valence electrons. The highest BCUT2D eigenvalue weighted by Crippen LogP contribution is 2.12. The van der Waals surface area contributed by atoms with Crippen LogP contribution in [0.2, 0.25) is 5.02 Å². The SMILES string of the molecule is C[C@H]1CCCC[NH+]1CCCNC(=O)Nc1ccc(Cl)cc1. The van der Waals surface area contributed by atoms with Gasteiger partial charge in [0.25, 0.3) is 0 Å². The number of rotatable bonds is 5. The number of anilines is 1. The standard InChI is InChI=1S/C16H24ClN3O/c1-13-5-2-3-11-20(13)12-4-10-18-16(21)19-15-8-6-14(17)7-9-15/h6-9,13H,2-5,10-12H2,1H3,(H2,18,19,21)/p+1/t13-/m0/s1. The fourth-order valence-corrected chi connectivity index (χ4v) is 2.98. The lowest BCUT2D eigenvalue weighted by Crippen LogP contribution is -3.16. The number of likely N-dealkylation sites (tertiary alicyclic amines) is 1. The highest BCUT2D eigenvalue weighted by atomic mass is 35.5. The van der Waals surface area contributed by atoms with Crippen molar-refractivity contribution in [2.45, 2.75) is 38.6 Å². The van der Waals surface area contributed by atoms with E-state index in [2.05, 4.69) is 17.6 Å². The van der Waals surface area contributed by atoms with Gasteiger partial charge in [-0.1, -0.05) is 11.6 Å². The minimum Gasteiger partial charge on any atom is -0.338 e. The lowest BCUT2D eigenvalue weighted by Gasteiger charge is -2.30. The van der Waals surface area contributed by atoms with Gasteiger partial charge in [-0.2, -0.15) is 0 Å². The monoisotopic (exact) mass is 310 g/mol. The van der Waals surface area contributed by atoms with Gasteiger partial charge in [0.1, 0.15) is 0 Å². The van der Waals surface area contributed by atoms with Crippen molar-refractivity contribution in [3.05, 3.63) is 29.3 Å². The average molecular weight is 311 g/mol. The molecule has 1 saturated heterocycles. The lowest BCUT2D eigenvalue weighted by atomic mass is 10.0. The minimum absolute atomic E-state index is 0.154. The second kappa shape index (κ2) is 8.25. The molecule has 0 spiro atoms. The van der Waals surface area contributed by atoms with E-state index in [4.69, 9.17) is 11.6 Å². The van der Waals surface area contributed by atoms with Gasteiger partial charge in [0, 0.05) is 23.7 Å². The molecular formula is C16H25ClN3O+. The topological polar surface area (TPSA) is 45.6 Å². The molecule has 3 N–H and O–H groups in total. The molecule has 1 aliphatic heterocycles. The van der Waals surface area contributed by atoms with Crippen LogP contribution >= 0.6 is 11.6 Å². The number of nitrogens with one attached hydrogen (secondary N) is 3. The first-order valence-corrected chi connectivity index (χ1v) is 8.18. The quantitative estimate of drug-likeness (QED) is 0.718. The van der Waals surface area contributed by atoms with E-state index in [9.17, 15) is 4.79 Å². The van der Waals surface area contributed by atoms with E-state index in [1.54, 1.807) is 29.2 Å². The van der Waals surface area contributed by atoms with Crippen LogP contribution in [0, 0.1) is 0 Å². The Bertz CT molecular complexity index is 449. The molecule has 1 aliphatic rings. The molecule has 1 heterocycles. The van der Waals surface area contributed by atoms with Gasteiger partial charge in [-0.25, -0.2) is 4.79 Å². The van der Waals surface area contributed by atoms with Crippen molar-refractivity contribution < 1.29 is 9.69 Å². The Morgan fingerprint density at radius 1 is 1.33 bits per heavy atom. The third-order valence-electron chi connectivity index (χ3n) is 4.14. The molecule has 21 heavy (non-hydrogen) atoms. The molecule has 1 unspecified atom stereocenters. The first kappa shape index (κ1) is 16.1. The van der Waals surface area contributed by atoms with Crippen molar-refractivity contribution in [1.29, 1.82) is 0 Å². The molecule has 2 atom stereocenters. The van der Waals surface area contributed by atoms with Gasteiger partial charge in [0.05, 0.1) is 19.1 Å². The van der Waals surface area contributed by atoms with Crippen LogP contribution in [0.25, 0.3) is 0 Å². The molecule has 1 fully saturated rings. The third-order valence-corrected chi connectivity index (χ3v) is 4.40. The Balaban J connectivity index is 1.61. The number of quaternary nitrogens is 1. The van der Waals surface area contributed by atoms with E-state index in [-0.39, 0.29) is 6.03 Å². The predicted molar refractivity (Wildman–Crippen MR) is 87.1 cm³/mol. The Labute approximate surface area is 131 Å². The van der Waals surface area contributed by atoms with Gasteiger partial charge in [-0.3, -0.25) is 0 Å². The van der Waals surface area contributed by atoms with Crippen LogP contribution in [-0.2, 0) is 0 Å². The molecule has 1 aromatic carbocycles. The van der Waals surface area contributed by atoms with Crippen molar-refractivity contribution in [3.63, 3.8) is 0 Å². The fourth-order valence-electron chi connectivity index (χ4n) is 2.85. The van der Waals surface area contributed by atoms with E-state index in [0.29, 0.717) is 5.02 Å². The van der Waals surface area contributed by atoms with Crippen LogP contribution in [0.3, 0.4) is 0 Å². The number of carbonyl (C=O) groups is 1. The number of piperidine rings is 1. The fraction of sp³-hybridized carbons (Fsp3) is 0.562. The number of amides is 2. The van der Waals surface area contributed by atoms with Gasteiger partial charge in [0.2, 0.25) is 0 Å². The van der Waals surface area contributed by atoms with Crippen LogP contribution in [0.5, 0.6) is 0 Å². The zero-order chi connectivity index (χ0) is 15.1. The van der Waals surface area contributed by atoms with Crippen molar-refractivity contribution in [3.8, 4) is 0 Å². The van der Waals surface area contributed by atoms with Gasteiger partial charge >= 0.3 is 6.03 Å². The second-order valence-corrected chi connectivity index (χ2v) is 6.23. The van der Waals surface area contributed by atoms with E-state index in [1.165, 1.54) is 25.8 Å². The summed E-state index contributed by atoms with van der Waals surface area (Å²) in [6, 6.07) is 7.72. The van der Waals surface area contributed by atoms with Crippen LogP contribution in [0.4, 0.5) is 10.5 Å². The van der Waals surface area contributed by atoms with E-state index >= 15 is 0 Å². The maximum atomic E-state index is 11.8. The van der Waals surface area contributed by atoms with Crippen molar-refractivity contribution in [2.24, 2.45) is 0 Å². The summed E-state index contributed by atoms with van der Waals surface area (Å²) in [6.45, 7) is 5.46. The molecule has 5 heteroatoms. The summed E-state index contributed by atoms with van der Waals surface area (Å²) in [6.07, 6.45) is 5.06. The Hall–Kier alpha value is -1.26. The lowest BCUT2D eigenvalue weighted by molar-refractivity contribution is -0.928. The Morgan fingerprint density at radius 2 is 2.10 bits per heavy atom. The largest absolute Gasteiger partial charge is 0.338 e. The summed E-state index contributed by atoms with van der Waals surface area (Å²) in [5.41, 5.74) is 0.757.